The number of rotatable bonds is 3. The van der Waals surface area contributed by atoms with Gasteiger partial charge in [0.05, 0.1) is 0 Å². The first-order chi connectivity index (χ1) is 6.54. The lowest BCUT2D eigenvalue weighted by Crippen LogP contribution is -2.27. The fourth-order valence-electron chi connectivity index (χ4n) is 1.02. The zero-order valence-electron chi connectivity index (χ0n) is 7.09. The number of benzene rings is 1. The summed E-state index contributed by atoms with van der Waals surface area (Å²) in [5.74, 6) is -1.43. The van der Waals surface area contributed by atoms with Crippen molar-refractivity contribution in [2.45, 2.75) is 12.2 Å². The number of carboxylic acid groups (broad SMARTS) is 1. The Morgan fingerprint density at radius 3 is 2.36 bits per heavy atom. The predicted molar refractivity (Wildman–Crippen MR) is 57.8 cm³/mol. The molecule has 76 valence electrons. The maximum atomic E-state index is 10.4. The minimum atomic E-state index is -1.79. The van der Waals surface area contributed by atoms with Gasteiger partial charge in [0.25, 0.3) is 0 Å². The number of carboxylic acids is 1. The lowest BCUT2D eigenvalue weighted by molar-refractivity contribution is -0.153. The van der Waals surface area contributed by atoms with Gasteiger partial charge >= 0.3 is 5.97 Å². The summed E-state index contributed by atoms with van der Waals surface area (Å²) in [4.78, 5) is 10.4. The Hall–Kier alpha value is -0.660. The molecule has 0 aliphatic carbocycles. The first-order valence-corrected chi connectivity index (χ1v) is 4.95. The second kappa shape index (κ2) is 4.72. The van der Waals surface area contributed by atoms with E-state index in [1.165, 1.54) is 0 Å². The van der Waals surface area contributed by atoms with Crippen LogP contribution in [0.2, 0.25) is 0 Å². The van der Waals surface area contributed by atoms with E-state index in [4.69, 9.17) is 10.2 Å². The number of aliphatic hydroxyl groups is 2. The van der Waals surface area contributed by atoms with Crippen LogP contribution in [0, 0.1) is 3.57 Å². The Morgan fingerprint density at radius 1 is 1.29 bits per heavy atom. The molecule has 0 aliphatic heterocycles. The molecule has 0 aliphatic rings. The molecule has 1 aromatic carbocycles. The Morgan fingerprint density at radius 2 is 1.86 bits per heavy atom. The maximum Gasteiger partial charge on any atom is 0.335 e. The van der Waals surface area contributed by atoms with Crippen LogP contribution >= 0.6 is 22.6 Å². The average Bonchev–Trinajstić information content (AvgIpc) is 2.16. The molecule has 0 saturated heterocycles. The lowest BCUT2D eigenvalue weighted by Gasteiger charge is -2.15. The Kier molecular flexibility index (Phi) is 3.85. The highest BCUT2D eigenvalue weighted by Crippen LogP contribution is 2.22. The van der Waals surface area contributed by atoms with Gasteiger partial charge in [0.15, 0.2) is 6.10 Å². The van der Waals surface area contributed by atoms with Crippen molar-refractivity contribution in [1.82, 2.24) is 0 Å². The van der Waals surface area contributed by atoms with E-state index in [1.807, 2.05) is 22.6 Å². The van der Waals surface area contributed by atoms with Crippen molar-refractivity contribution < 1.29 is 20.1 Å². The standard InChI is InChI=1S/C9H9IO4/c10-6-4-2-1-3-5(6)7(11)8(12)9(13)14/h1-4,7-8,11-12H,(H,13,14). The molecule has 0 amide bonds. The van der Waals surface area contributed by atoms with Gasteiger partial charge in [-0.25, -0.2) is 4.79 Å². The Bertz CT molecular complexity index is 339. The van der Waals surface area contributed by atoms with Crippen molar-refractivity contribution in [2.24, 2.45) is 0 Å². The molecule has 1 rings (SSSR count). The molecule has 0 heterocycles. The van der Waals surface area contributed by atoms with E-state index < -0.39 is 18.2 Å². The average molecular weight is 308 g/mol. The fourth-order valence-corrected chi connectivity index (χ4v) is 1.73. The van der Waals surface area contributed by atoms with Crippen molar-refractivity contribution in [3.05, 3.63) is 33.4 Å². The Balaban J connectivity index is 2.94. The summed E-state index contributed by atoms with van der Waals surface area (Å²) in [6.45, 7) is 0. The number of hydrogen-bond donors (Lipinski definition) is 3. The molecular formula is C9H9IO4. The minimum Gasteiger partial charge on any atom is -0.479 e. The zero-order chi connectivity index (χ0) is 10.7. The van der Waals surface area contributed by atoms with E-state index in [9.17, 15) is 9.90 Å². The van der Waals surface area contributed by atoms with Crippen LogP contribution in [-0.4, -0.2) is 27.4 Å². The lowest BCUT2D eigenvalue weighted by atomic mass is 10.1. The molecule has 0 radical (unpaired) electrons. The summed E-state index contributed by atoms with van der Waals surface area (Å²) in [5, 5.41) is 27.1. The van der Waals surface area contributed by atoms with Gasteiger partial charge in [0.1, 0.15) is 6.10 Å². The maximum absolute atomic E-state index is 10.4. The molecule has 0 saturated carbocycles. The van der Waals surface area contributed by atoms with Gasteiger partial charge in [-0.3, -0.25) is 0 Å². The van der Waals surface area contributed by atoms with Crippen LogP contribution in [0.1, 0.15) is 11.7 Å². The van der Waals surface area contributed by atoms with E-state index >= 15 is 0 Å². The van der Waals surface area contributed by atoms with E-state index in [1.54, 1.807) is 24.3 Å². The molecule has 0 fully saturated rings. The molecule has 0 bridgehead atoms. The summed E-state index contributed by atoms with van der Waals surface area (Å²) in [7, 11) is 0. The van der Waals surface area contributed by atoms with Gasteiger partial charge in [0.2, 0.25) is 0 Å². The number of halogens is 1. The van der Waals surface area contributed by atoms with Crippen LogP contribution in [-0.2, 0) is 4.79 Å². The number of hydrogen-bond acceptors (Lipinski definition) is 3. The third-order valence-corrected chi connectivity index (χ3v) is 2.76. The van der Waals surface area contributed by atoms with Gasteiger partial charge in [-0.2, -0.15) is 0 Å². The van der Waals surface area contributed by atoms with Crippen molar-refractivity contribution in [2.75, 3.05) is 0 Å². The highest BCUT2D eigenvalue weighted by molar-refractivity contribution is 14.1. The summed E-state index contributed by atoms with van der Waals surface area (Å²) >= 11 is 1.97. The van der Waals surface area contributed by atoms with Gasteiger partial charge in [-0.15, -0.1) is 0 Å². The quantitative estimate of drug-likeness (QED) is 0.721. The van der Waals surface area contributed by atoms with E-state index in [2.05, 4.69) is 0 Å². The molecule has 3 N–H and O–H groups in total. The third-order valence-electron chi connectivity index (χ3n) is 1.78. The highest BCUT2D eigenvalue weighted by Gasteiger charge is 2.26. The van der Waals surface area contributed by atoms with Crippen LogP contribution in [0.3, 0.4) is 0 Å². The number of aliphatic hydroxyl groups excluding tert-OH is 2. The van der Waals surface area contributed by atoms with Crippen LogP contribution in [0.25, 0.3) is 0 Å². The highest BCUT2D eigenvalue weighted by atomic mass is 127. The fraction of sp³-hybridized carbons (Fsp3) is 0.222. The smallest absolute Gasteiger partial charge is 0.335 e. The van der Waals surface area contributed by atoms with Crippen molar-refractivity contribution in [1.29, 1.82) is 0 Å². The summed E-state index contributed by atoms with van der Waals surface area (Å²) < 4.78 is 0.720. The number of carbonyl (C=O) groups is 1. The molecule has 14 heavy (non-hydrogen) atoms. The van der Waals surface area contributed by atoms with Crippen molar-refractivity contribution >= 4 is 28.6 Å². The van der Waals surface area contributed by atoms with Crippen LogP contribution in [0.5, 0.6) is 0 Å². The largest absolute Gasteiger partial charge is 0.479 e. The predicted octanol–water partition coefficient (Wildman–Crippen LogP) is 0.770. The first kappa shape index (κ1) is 11.4. The summed E-state index contributed by atoms with van der Waals surface area (Å²) in [6.07, 6.45) is -3.17. The molecule has 0 spiro atoms. The monoisotopic (exact) mass is 308 g/mol. The van der Waals surface area contributed by atoms with Crippen molar-refractivity contribution in [3.8, 4) is 0 Å². The van der Waals surface area contributed by atoms with Gasteiger partial charge in [0, 0.05) is 3.57 Å². The molecule has 2 atom stereocenters. The first-order valence-electron chi connectivity index (χ1n) is 3.87. The van der Waals surface area contributed by atoms with Gasteiger partial charge < -0.3 is 15.3 Å². The molecular weight excluding hydrogens is 299 g/mol. The molecule has 5 heteroatoms. The van der Waals surface area contributed by atoms with Crippen LogP contribution < -0.4 is 0 Å². The zero-order valence-corrected chi connectivity index (χ0v) is 9.25. The number of aliphatic carboxylic acids is 1. The normalized spacial score (nSPS) is 14.8. The Labute approximate surface area is 94.3 Å². The summed E-state index contributed by atoms with van der Waals surface area (Å²) in [6, 6.07) is 6.76. The van der Waals surface area contributed by atoms with Gasteiger partial charge in [-0.05, 0) is 34.2 Å². The van der Waals surface area contributed by atoms with E-state index in [0.717, 1.165) is 3.57 Å². The topological polar surface area (TPSA) is 77.8 Å². The van der Waals surface area contributed by atoms with Crippen LogP contribution in [0.15, 0.2) is 24.3 Å². The van der Waals surface area contributed by atoms with Gasteiger partial charge in [-0.1, -0.05) is 18.2 Å². The SMILES string of the molecule is O=C(O)C(O)C(O)c1ccccc1I. The molecule has 1 aromatic rings. The third kappa shape index (κ3) is 2.43. The molecule has 0 aromatic heterocycles. The second-order valence-corrected chi connectivity index (χ2v) is 3.91. The molecule has 2 unspecified atom stereocenters. The van der Waals surface area contributed by atoms with E-state index in [0.29, 0.717) is 5.56 Å². The second-order valence-electron chi connectivity index (χ2n) is 2.75. The van der Waals surface area contributed by atoms with Crippen molar-refractivity contribution in [3.63, 3.8) is 0 Å². The van der Waals surface area contributed by atoms with E-state index in [-0.39, 0.29) is 0 Å². The minimum absolute atomic E-state index is 0.419. The van der Waals surface area contributed by atoms with Crippen LogP contribution in [0.4, 0.5) is 0 Å². The molecule has 4 nitrogen and oxygen atoms in total. The summed E-state index contributed by atoms with van der Waals surface area (Å²) in [5.41, 5.74) is 0.419.